The van der Waals surface area contributed by atoms with Gasteiger partial charge in [-0.25, -0.2) is 0 Å². The van der Waals surface area contributed by atoms with Gasteiger partial charge in [0.15, 0.2) is 0 Å². The van der Waals surface area contributed by atoms with Gasteiger partial charge in [0.2, 0.25) is 0 Å². The number of nitrogens with zero attached hydrogens (tertiary/aromatic N) is 1. The molecule has 5 heteroatoms. The smallest absolute Gasteiger partial charge is 0 e. The van der Waals surface area contributed by atoms with E-state index in [2.05, 4.69) is 46.4 Å². The molecule has 0 aromatic carbocycles. The summed E-state index contributed by atoms with van der Waals surface area (Å²) in [6.07, 6.45) is 2.39. The molecule has 0 bridgehead atoms. The Kier molecular flexibility index (Phi) is 39.0. The molecule has 0 aromatic heterocycles. The van der Waals surface area contributed by atoms with Crippen LogP contribution in [0.3, 0.4) is 0 Å². The van der Waals surface area contributed by atoms with Crippen LogP contribution in [0.2, 0.25) is 0 Å². The van der Waals surface area contributed by atoms with Crippen molar-refractivity contribution in [1.29, 1.82) is 0 Å². The maximum absolute atomic E-state index is 4.21. The molecule has 0 aliphatic carbocycles. The molecular weight excluding hydrogens is 448 g/mol. The van der Waals surface area contributed by atoms with Gasteiger partial charge in [0.25, 0.3) is 0 Å². The Balaban J connectivity index is -0.000000140. The Morgan fingerprint density at radius 2 is 1.36 bits per heavy atom. The summed E-state index contributed by atoms with van der Waals surface area (Å²) in [6.45, 7) is 6.40. The summed E-state index contributed by atoms with van der Waals surface area (Å²) in [4.78, 5) is 0. The minimum Gasteiger partial charge on any atom is 0 e. The van der Waals surface area contributed by atoms with E-state index < -0.39 is 0 Å². The van der Waals surface area contributed by atoms with Crippen molar-refractivity contribution in [1.82, 2.24) is 0 Å². The summed E-state index contributed by atoms with van der Waals surface area (Å²) in [6, 6.07) is 0. The molecule has 1 nitrogen and oxygen atoms in total. The van der Waals surface area contributed by atoms with Gasteiger partial charge in [-0.15, -0.1) is 13.1 Å². The van der Waals surface area contributed by atoms with E-state index in [4.69, 9.17) is 0 Å². The van der Waals surface area contributed by atoms with Crippen molar-refractivity contribution in [2.24, 2.45) is 0 Å². The first-order valence-corrected chi connectivity index (χ1v) is 11.3. The number of hydrogen-bond donors (Lipinski definition) is 0. The molecule has 0 aliphatic heterocycles. The van der Waals surface area contributed by atoms with E-state index in [1.165, 1.54) is 12.8 Å². The molecule has 0 aromatic rings. The van der Waals surface area contributed by atoms with Crippen molar-refractivity contribution in [3.05, 3.63) is 5.32 Å². The first-order chi connectivity index (χ1) is 4.83. The second kappa shape index (κ2) is 22.7. The van der Waals surface area contributed by atoms with E-state index in [0.29, 0.717) is 13.2 Å². The summed E-state index contributed by atoms with van der Waals surface area (Å²) in [5.41, 5.74) is 0. The third-order valence-electron chi connectivity index (χ3n) is 0.763. The standard InChI is InChI=1S/C6H14N.2BrH.2Ru/c1-3-5-7-6-4-2;;;;/h3-6H2,1-2H3;2*1H;;/q-1;;;;+2/p-2. The van der Waals surface area contributed by atoms with Gasteiger partial charge in [-0.2, -0.15) is 0 Å². The number of hydrogen-bond acceptors (Lipinski definition) is 0. The molecule has 0 unspecified atom stereocenters. The Hall–Kier alpha value is 2.17. The van der Waals surface area contributed by atoms with E-state index in [1.807, 2.05) is 0 Å². The first-order valence-electron chi connectivity index (χ1n) is 3.31. The Labute approximate surface area is 104 Å². The fourth-order valence-electron chi connectivity index (χ4n) is 0.428. The van der Waals surface area contributed by atoms with E-state index in [1.54, 1.807) is 0 Å². The van der Waals surface area contributed by atoms with E-state index in [9.17, 15) is 0 Å². The van der Waals surface area contributed by atoms with Crippen molar-refractivity contribution >= 4 is 27.2 Å². The third kappa shape index (κ3) is 33.1. The zero-order valence-electron chi connectivity index (χ0n) is 6.74. The van der Waals surface area contributed by atoms with E-state index in [-0.39, 0.29) is 19.5 Å². The van der Waals surface area contributed by atoms with Crippen molar-refractivity contribution in [2.45, 2.75) is 26.7 Å². The molecule has 0 rings (SSSR count). The predicted octanol–water partition coefficient (Wildman–Crippen LogP) is 3.87. The molecule has 0 spiro atoms. The zero-order chi connectivity index (χ0) is 8.24. The number of halogens is 2. The Morgan fingerprint density at radius 3 is 1.55 bits per heavy atom. The van der Waals surface area contributed by atoms with Gasteiger partial charge < -0.3 is 5.32 Å². The molecule has 0 saturated carbocycles. The second-order valence-electron chi connectivity index (χ2n) is 1.72. The molecule has 0 N–H and O–H groups in total. The molecule has 0 fully saturated rings. The van der Waals surface area contributed by atoms with Gasteiger partial charge in [-0.3, -0.25) is 0 Å². The van der Waals surface area contributed by atoms with Crippen molar-refractivity contribution in [2.75, 3.05) is 13.1 Å². The molecule has 0 amide bonds. The van der Waals surface area contributed by atoms with Crippen LogP contribution in [0, 0.1) is 0 Å². The van der Waals surface area contributed by atoms with Crippen LogP contribution in [0.4, 0.5) is 0 Å². The maximum Gasteiger partial charge on any atom is 0 e. The van der Waals surface area contributed by atoms with Crippen LogP contribution in [0.1, 0.15) is 26.7 Å². The summed E-state index contributed by atoms with van der Waals surface area (Å²) < 4.78 is 0. The topological polar surface area (TPSA) is 14.1 Å². The van der Waals surface area contributed by atoms with Crippen LogP contribution in [0.25, 0.3) is 5.32 Å². The fraction of sp³-hybridized carbons (Fsp3) is 1.00. The summed E-state index contributed by atoms with van der Waals surface area (Å²) in [5, 5.41) is 4.21. The van der Waals surface area contributed by atoms with E-state index in [0.717, 1.165) is 13.1 Å². The minimum atomic E-state index is 0. The molecule has 74 valence electrons. The summed E-state index contributed by atoms with van der Waals surface area (Å²) in [7, 11) is 0. The van der Waals surface area contributed by atoms with Gasteiger partial charge >= 0.3 is 40.5 Å². The van der Waals surface area contributed by atoms with Gasteiger partial charge in [0.1, 0.15) is 0 Å². The first kappa shape index (κ1) is 18.9. The van der Waals surface area contributed by atoms with Crippen LogP contribution in [-0.2, 0) is 32.7 Å². The average molecular weight is 462 g/mol. The quantitative estimate of drug-likeness (QED) is 0.445. The monoisotopic (exact) mass is 462 g/mol. The molecular formula is C6H14Br2NRu2-. The molecule has 0 aliphatic rings. The van der Waals surface area contributed by atoms with Crippen LogP contribution in [0.5, 0.6) is 0 Å². The second-order valence-corrected chi connectivity index (χ2v) is 9.74. The molecule has 0 heterocycles. The Morgan fingerprint density at radius 1 is 1.09 bits per heavy atom. The van der Waals surface area contributed by atoms with Gasteiger partial charge in [0.05, 0.1) is 0 Å². The van der Waals surface area contributed by atoms with Crippen LogP contribution in [-0.4, -0.2) is 13.1 Å². The van der Waals surface area contributed by atoms with Crippen molar-refractivity contribution < 1.29 is 32.7 Å². The van der Waals surface area contributed by atoms with Gasteiger partial charge in [-0.1, -0.05) is 26.7 Å². The molecule has 0 saturated heterocycles. The zero-order valence-corrected chi connectivity index (χ0v) is 13.4. The van der Waals surface area contributed by atoms with Gasteiger partial charge in [-0.05, 0) is 0 Å². The SMILES string of the molecule is CCC[N-]CCC.[Br][Ru][Br].[Ru]. The van der Waals surface area contributed by atoms with Crippen molar-refractivity contribution in [3.63, 3.8) is 0 Å². The molecule has 11 heavy (non-hydrogen) atoms. The summed E-state index contributed by atoms with van der Waals surface area (Å²) in [5.74, 6) is 0. The summed E-state index contributed by atoms with van der Waals surface area (Å²) >= 11 is 6.64. The van der Waals surface area contributed by atoms with Crippen LogP contribution >= 0.6 is 27.2 Å². The van der Waals surface area contributed by atoms with Crippen LogP contribution in [0.15, 0.2) is 0 Å². The minimum absolute atomic E-state index is 0. The fourth-order valence-corrected chi connectivity index (χ4v) is 0.428. The maximum atomic E-state index is 4.21. The van der Waals surface area contributed by atoms with E-state index >= 15 is 0 Å². The molecule has 0 atom stereocenters. The molecule has 0 radical (unpaired) electrons. The normalized spacial score (nSPS) is 8.00. The average Bonchev–Trinajstić information content (AvgIpc) is 1.91. The predicted molar refractivity (Wildman–Crippen MR) is 51.5 cm³/mol. The third-order valence-corrected chi connectivity index (χ3v) is 0.763. The largest absolute Gasteiger partial charge is 0 e. The van der Waals surface area contributed by atoms with Crippen molar-refractivity contribution in [3.8, 4) is 0 Å². The number of rotatable bonds is 4. The van der Waals surface area contributed by atoms with Crippen LogP contribution < -0.4 is 0 Å². The van der Waals surface area contributed by atoms with Gasteiger partial charge in [0, 0.05) is 19.5 Å². The Bertz CT molecular complexity index is 45.6.